The van der Waals surface area contributed by atoms with Crippen LogP contribution >= 0.6 is 0 Å². The fourth-order valence-corrected chi connectivity index (χ4v) is 3.78. The van der Waals surface area contributed by atoms with E-state index in [1.54, 1.807) is 12.4 Å². The third kappa shape index (κ3) is 3.42. The van der Waals surface area contributed by atoms with Gasteiger partial charge in [-0.25, -0.2) is 9.97 Å². The second kappa shape index (κ2) is 7.19. The summed E-state index contributed by atoms with van der Waals surface area (Å²) < 4.78 is 2.14. The summed E-state index contributed by atoms with van der Waals surface area (Å²) >= 11 is 0. The Hall–Kier alpha value is -3.02. The highest BCUT2D eigenvalue weighted by Gasteiger charge is 2.27. The van der Waals surface area contributed by atoms with Crippen molar-refractivity contribution in [2.24, 2.45) is 5.92 Å². The molecule has 5 rings (SSSR count). The Labute approximate surface area is 164 Å². The summed E-state index contributed by atoms with van der Waals surface area (Å²) in [7, 11) is 0. The van der Waals surface area contributed by atoms with Crippen LogP contribution in [-0.2, 0) is 6.54 Å². The van der Waals surface area contributed by atoms with Gasteiger partial charge in [0.25, 0.3) is 5.91 Å². The number of hydrogen-bond acceptors (Lipinski definition) is 4. The molecule has 6 heteroatoms. The maximum atomic E-state index is 13.0. The topological polar surface area (TPSA) is 63.9 Å². The molecule has 2 aliphatic rings. The molecule has 142 valence electrons. The molecule has 0 N–H and O–H groups in total. The Morgan fingerprint density at radius 1 is 1.04 bits per heavy atom. The summed E-state index contributed by atoms with van der Waals surface area (Å²) in [5.74, 6) is 1.51. The highest BCUT2D eigenvalue weighted by molar-refractivity contribution is 5.94. The lowest BCUT2D eigenvalue weighted by Gasteiger charge is -2.16. The first-order valence-corrected chi connectivity index (χ1v) is 10.0. The summed E-state index contributed by atoms with van der Waals surface area (Å²) in [5.41, 5.74) is 3.61. The Morgan fingerprint density at radius 3 is 2.50 bits per heavy atom. The van der Waals surface area contributed by atoms with Gasteiger partial charge in [0.15, 0.2) is 5.82 Å². The lowest BCUT2D eigenvalue weighted by atomic mass is 10.1. The lowest BCUT2D eigenvalue weighted by Crippen LogP contribution is -2.29. The van der Waals surface area contributed by atoms with Crippen molar-refractivity contribution in [3.8, 4) is 22.5 Å². The zero-order valence-corrected chi connectivity index (χ0v) is 15.8. The second-order valence-corrected chi connectivity index (χ2v) is 7.75. The molecule has 1 saturated carbocycles. The predicted molar refractivity (Wildman–Crippen MR) is 107 cm³/mol. The molecule has 6 nitrogen and oxygen atoms in total. The van der Waals surface area contributed by atoms with Gasteiger partial charge in [-0.05, 0) is 49.8 Å². The van der Waals surface area contributed by atoms with Crippen LogP contribution in [0, 0.1) is 5.92 Å². The summed E-state index contributed by atoms with van der Waals surface area (Å²) in [4.78, 5) is 28.1. The van der Waals surface area contributed by atoms with Crippen LogP contribution in [0.1, 0.15) is 36.2 Å². The van der Waals surface area contributed by atoms with E-state index in [1.807, 2.05) is 35.5 Å². The molecule has 0 atom stereocenters. The molecule has 28 heavy (non-hydrogen) atoms. The first-order valence-electron chi connectivity index (χ1n) is 10.0. The third-order valence-corrected chi connectivity index (χ3v) is 5.57. The molecule has 0 bridgehead atoms. The smallest absolute Gasteiger partial charge is 0.270 e. The van der Waals surface area contributed by atoms with Gasteiger partial charge in [-0.15, -0.1) is 0 Å². The van der Waals surface area contributed by atoms with Gasteiger partial charge in [0.2, 0.25) is 0 Å². The lowest BCUT2D eigenvalue weighted by molar-refractivity contribution is 0.0781. The molecule has 1 aliphatic heterocycles. The minimum Gasteiger partial charge on any atom is -0.343 e. The van der Waals surface area contributed by atoms with E-state index in [-0.39, 0.29) is 5.91 Å². The molecule has 0 spiro atoms. The van der Waals surface area contributed by atoms with Crippen molar-refractivity contribution in [2.45, 2.75) is 32.2 Å². The van der Waals surface area contributed by atoms with Crippen molar-refractivity contribution in [1.82, 2.24) is 24.4 Å². The zero-order chi connectivity index (χ0) is 18.9. The van der Waals surface area contributed by atoms with Crippen LogP contribution < -0.4 is 0 Å². The van der Waals surface area contributed by atoms with E-state index < -0.39 is 0 Å². The van der Waals surface area contributed by atoms with Gasteiger partial charge >= 0.3 is 0 Å². The Balaban J connectivity index is 1.45. The normalized spacial score (nSPS) is 16.5. The maximum Gasteiger partial charge on any atom is 0.270 e. The van der Waals surface area contributed by atoms with Crippen molar-refractivity contribution in [3.63, 3.8) is 0 Å². The fourth-order valence-electron chi connectivity index (χ4n) is 3.78. The van der Waals surface area contributed by atoms with Gasteiger partial charge < -0.3 is 9.47 Å². The number of nitrogens with zero attached hydrogens (tertiary/aromatic N) is 5. The zero-order valence-electron chi connectivity index (χ0n) is 15.8. The van der Waals surface area contributed by atoms with E-state index in [0.29, 0.717) is 11.7 Å². The highest BCUT2D eigenvalue weighted by Crippen LogP contribution is 2.33. The van der Waals surface area contributed by atoms with Gasteiger partial charge in [0.05, 0.1) is 0 Å². The van der Waals surface area contributed by atoms with Crippen LogP contribution in [0.2, 0.25) is 0 Å². The van der Waals surface area contributed by atoms with E-state index in [1.165, 1.54) is 12.8 Å². The molecule has 0 aromatic carbocycles. The summed E-state index contributed by atoms with van der Waals surface area (Å²) in [6, 6.07) is 5.83. The van der Waals surface area contributed by atoms with Crippen LogP contribution in [0.25, 0.3) is 22.5 Å². The summed E-state index contributed by atoms with van der Waals surface area (Å²) in [6.07, 6.45) is 14.0. The van der Waals surface area contributed by atoms with E-state index in [2.05, 4.69) is 25.7 Å². The predicted octanol–water partition coefficient (Wildman–Crippen LogP) is 3.65. The molecule has 4 heterocycles. The molecule has 1 saturated heterocycles. The first-order chi connectivity index (χ1) is 13.8. The SMILES string of the molecule is O=C(c1cc(-c2cnc(-c3cccnc3)nc2)cn1CC1CC1)N1CCCC1. The average molecular weight is 373 g/mol. The molecular weight excluding hydrogens is 350 g/mol. The summed E-state index contributed by atoms with van der Waals surface area (Å²) in [5, 5.41) is 0. The van der Waals surface area contributed by atoms with Crippen LogP contribution in [0.5, 0.6) is 0 Å². The standard InChI is InChI=1S/C22H23N5O/c28-22(26-8-1-2-9-26)20-10-18(15-27(20)14-16-5-6-16)19-12-24-21(25-13-19)17-4-3-7-23-11-17/h3-4,7,10-13,15-16H,1-2,5-6,8-9,14H2. The summed E-state index contributed by atoms with van der Waals surface area (Å²) in [6.45, 7) is 2.65. The monoisotopic (exact) mass is 373 g/mol. The van der Waals surface area contributed by atoms with Crippen molar-refractivity contribution in [2.75, 3.05) is 13.1 Å². The van der Waals surface area contributed by atoms with E-state index in [9.17, 15) is 4.79 Å². The first kappa shape index (κ1) is 17.1. The van der Waals surface area contributed by atoms with Crippen molar-refractivity contribution in [3.05, 3.63) is 54.9 Å². The van der Waals surface area contributed by atoms with Crippen LogP contribution in [-0.4, -0.2) is 43.4 Å². The Bertz CT molecular complexity index is 970. The van der Waals surface area contributed by atoms with E-state index in [0.717, 1.165) is 54.9 Å². The van der Waals surface area contributed by atoms with Crippen molar-refractivity contribution >= 4 is 5.91 Å². The largest absolute Gasteiger partial charge is 0.343 e. The van der Waals surface area contributed by atoms with Gasteiger partial charge in [-0.2, -0.15) is 0 Å². The number of carbonyl (C=O) groups excluding carboxylic acids is 1. The molecule has 3 aromatic rings. The number of carbonyl (C=O) groups is 1. The van der Waals surface area contributed by atoms with Crippen LogP contribution in [0.15, 0.2) is 49.2 Å². The molecular formula is C22H23N5O. The molecule has 1 aliphatic carbocycles. The van der Waals surface area contributed by atoms with Gasteiger partial charge in [-0.3, -0.25) is 9.78 Å². The van der Waals surface area contributed by atoms with Gasteiger partial charge in [-0.1, -0.05) is 0 Å². The number of amides is 1. The number of aromatic nitrogens is 4. The van der Waals surface area contributed by atoms with Crippen LogP contribution in [0.4, 0.5) is 0 Å². The highest BCUT2D eigenvalue weighted by atomic mass is 16.2. The minimum absolute atomic E-state index is 0.150. The molecule has 2 fully saturated rings. The quantitative estimate of drug-likeness (QED) is 0.685. The molecule has 0 radical (unpaired) electrons. The van der Waals surface area contributed by atoms with Crippen LogP contribution in [0.3, 0.4) is 0 Å². The minimum atomic E-state index is 0.150. The Morgan fingerprint density at radius 2 is 1.82 bits per heavy atom. The Kier molecular flexibility index (Phi) is 4.39. The van der Waals surface area contributed by atoms with Crippen molar-refractivity contribution in [1.29, 1.82) is 0 Å². The van der Waals surface area contributed by atoms with Gasteiger partial charge in [0.1, 0.15) is 5.69 Å². The number of likely N-dealkylation sites (tertiary alicyclic amines) is 1. The molecule has 0 unspecified atom stereocenters. The van der Waals surface area contributed by atoms with Gasteiger partial charge in [0, 0.05) is 67.3 Å². The number of pyridine rings is 1. The number of rotatable bonds is 5. The number of hydrogen-bond donors (Lipinski definition) is 0. The average Bonchev–Trinajstić information content (AvgIpc) is 3.22. The fraction of sp³-hybridized carbons (Fsp3) is 0.364. The second-order valence-electron chi connectivity index (χ2n) is 7.75. The van der Waals surface area contributed by atoms with E-state index in [4.69, 9.17) is 0 Å². The van der Waals surface area contributed by atoms with E-state index >= 15 is 0 Å². The van der Waals surface area contributed by atoms with Crippen molar-refractivity contribution < 1.29 is 4.79 Å². The maximum absolute atomic E-state index is 13.0. The third-order valence-electron chi connectivity index (χ3n) is 5.57. The molecule has 3 aromatic heterocycles. The molecule has 1 amide bonds.